The number of amides is 1. The quantitative estimate of drug-likeness (QED) is 0.315. The number of benzene rings is 3. The zero-order valence-electron chi connectivity index (χ0n) is 15.7. The van der Waals surface area contributed by atoms with Crippen LogP contribution >= 0.6 is 31.9 Å². The van der Waals surface area contributed by atoms with Crippen LogP contribution in [-0.2, 0) is 6.42 Å². The summed E-state index contributed by atoms with van der Waals surface area (Å²) in [6, 6.07) is 23.6. The summed E-state index contributed by atoms with van der Waals surface area (Å²) in [7, 11) is 0. The Bertz CT molecular complexity index is 1200. The van der Waals surface area contributed by atoms with Gasteiger partial charge in [0.05, 0.1) is 22.5 Å². The van der Waals surface area contributed by atoms with Gasteiger partial charge in [-0.1, -0.05) is 65.3 Å². The fraction of sp³-hybridized carbons (Fsp3) is 0.0833. The van der Waals surface area contributed by atoms with E-state index in [2.05, 4.69) is 68.4 Å². The van der Waals surface area contributed by atoms with Crippen molar-refractivity contribution >= 4 is 54.4 Å². The molecule has 0 saturated carbocycles. The predicted octanol–water partition coefficient (Wildman–Crippen LogP) is 7.24. The molecular formula is C24H18Br2N2O. The van der Waals surface area contributed by atoms with Crippen LogP contribution in [0.4, 0.5) is 5.69 Å². The highest BCUT2D eigenvalue weighted by atomic mass is 79.9. The maximum absolute atomic E-state index is 13.2. The highest BCUT2D eigenvalue weighted by Gasteiger charge is 2.15. The Morgan fingerprint density at radius 1 is 0.966 bits per heavy atom. The second-order valence-corrected chi connectivity index (χ2v) is 8.47. The standard InChI is InChI=1S/C24H18Br2N2O/c1-2-15-7-9-16(10-8-15)23-14-19(18-5-3-4-6-21(18)27-23)24(29)28-22-12-11-17(25)13-20(22)26/h3-14H,2H2,1H3,(H,28,29). The van der Waals surface area contributed by atoms with E-state index in [1.54, 1.807) is 0 Å². The first-order chi connectivity index (χ1) is 14.0. The number of halogens is 2. The molecule has 0 spiro atoms. The summed E-state index contributed by atoms with van der Waals surface area (Å²) in [6.07, 6.45) is 0.987. The van der Waals surface area contributed by atoms with Crippen LogP contribution < -0.4 is 5.32 Å². The number of nitrogens with one attached hydrogen (secondary N) is 1. The van der Waals surface area contributed by atoms with E-state index < -0.39 is 0 Å². The first-order valence-electron chi connectivity index (χ1n) is 9.30. The highest BCUT2D eigenvalue weighted by molar-refractivity contribution is 9.11. The van der Waals surface area contributed by atoms with Crippen molar-refractivity contribution < 1.29 is 4.79 Å². The van der Waals surface area contributed by atoms with E-state index in [0.717, 1.165) is 37.5 Å². The molecule has 0 saturated heterocycles. The Balaban J connectivity index is 1.78. The highest BCUT2D eigenvalue weighted by Crippen LogP contribution is 2.29. The van der Waals surface area contributed by atoms with Crippen molar-refractivity contribution in [1.29, 1.82) is 0 Å². The number of fused-ring (bicyclic) bond motifs is 1. The first kappa shape index (κ1) is 19.8. The Hall–Kier alpha value is -2.50. The van der Waals surface area contributed by atoms with Gasteiger partial charge in [-0.15, -0.1) is 0 Å². The largest absolute Gasteiger partial charge is 0.321 e. The molecule has 29 heavy (non-hydrogen) atoms. The van der Waals surface area contributed by atoms with Gasteiger partial charge in [0, 0.05) is 19.9 Å². The van der Waals surface area contributed by atoms with Crippen molar-refractivity contribution in [3.8, 4) is 11.3 Å². The average molecular weight is 510 g/mol. The van der Waals surface area contributed by atoms with Crippen LogP contribution in [0.2, 0.25) is 0 Å². The smallest absolute Gasteiger partial charge is 0.256 e. The molecule has 0 atom stereocenters. The molecule has 1 amide bonds. The van der Waals surface area contributed by atoms with Crippen molar-refractivity contribution in [2.45, 2.75) is 13.3 Å². The summed E-state index contributed by atoms with van der Waals surface area (Å²) in [5, 5.41) is 3.83. The number of carbonyl (C=O) groups excluding carboxylic acids is 1. The molecule has 1 aromatic heterocycles. The van der Waals surface area contributed by atoms with Gasteiger partial charge in [0.15, 0.2) is 0 Å². The number of rotatable bonds is 4. The number of aryl methyl sites for hydroxylation is 1. The van der Waals surface area contributed by atoms with E-state index in [1.807, 2.05) is 48.5 Å². The summed E-state index contributed by atoms with van der Waals surface area (Å²) in [4.78, 5) is 18.0. The lowest BCUT2D eigenvalue weighted by Crippen LogP contribution is -2.13. The molecule has 0 radical (unpaired) electrons. The van der Waals surface area contributed by atoms with Crippen LogP contribution in [0.5, 0.6) is 0 Å². The van der Waals surface area contributed by atoms with Gasteiger partial charge in [0.25, 0.3) is 5.91 Å². The zero-order chi connectivity index (χ0) is 20.4. The molecule has 1 heterocycles. The van der Waals surface area contributed by atoms with Crippen LogP contribution in [0.1, 0.15) is 22.8 Å². The van der Waals surface area contributed by atoms with Crippen molar-refractivity contribution in [2.75, 3.05) is 5.32 Å². The van der Waals surface area contributed by atoms with Gasteiger partial charge in [0.1, 0.15) is 0 Å². The first-order valence-corrected chi connectivity index (χ1v) is 10.9. The van der Waals surface area contributed by atoms with Gasteiger partial charge < -0.3 is 5.32 Å². The second-order valence-electron chi connectivity index (χ2n) is 6.70. The molecule has 5 heteroatoms. The van der Waals surface area contributed by atoms with Crippen molar-refractivity contribution in [1.82, 2.24) is 4.98 Å². The molecular weight excluding hydrogens is 492 g/mol. The molecule has 0 bridgehead atoms. The molecule has 3 aromatic carbocycles. The third-order valence-corrected chi connectivity index (χ3v) is 5.95. The molecule has 0 unspecified atom stereocenters. The number of para-hydroxylation sites is 1. The van der Waals surface area contributed by atoms with E-state index >= 15 is 0 Å². The third-order valence-electron chi connectivity index (χ3n) is 4.80. The van der Waals surface area contributed by atoms with Crippen LogP contribution in [0.3, 0.4) is 0 Å². The monoisotopic (exact) mass is 508 g/mol. The van der Waals surface area contributed by atoms with Gasteiger partial charge >= 0.3 is 0 Å². The molecule has 3 nitrogen and oxygen atoms in total. The minimum Gasteiger partial charge on any atom is -0.321 e. The summed E-state index contributed by atoms with van der Waals surface area (Å²) >= 11 is 6.94. The molecule has 4 rings (SSSR count). The zero-order valence-corrected chi connectivity index (χ0v) is 18.9. The van der Waals surface area contributed by atoms with Crippen LogP contribution in [-0.4, -0.2) is 10.9 Å². The van der Waals surface area contributed by atoms with Crippen molar-refractivity contribution in [3.63, 3.8) is 0 Å². The number of nitrogens with zero attached hydrogens (tertiary/aromatic N) is 1. The Morgan fingerprint density at radius 2 is 1.72 bits per heavy atom. The van der Waals surface area contributed by atoms with E-state index in [1.165, 1.54) is 5.56 Å². The fourth-order valence-corrected chi connectivity index (χ4v) is 4.35. The minimum atomic E-state index is -0.168. The lowest BCUT2D eigenvalue weighted by Gasteiger charge is -2.12. The number of carbonyl (C=O) groups is 1. The van der Waals surface area contributed by atoms with Crippen molar-refractivity contribution in [2.24, 2.45) is 0 Å². The van der Waals surface area contributed by atoms with Crippen molar-refractivity contribution in [3.05, 3.63) is 92.9 Å². The number of pyridine rings is 1. The normalized spacial score (nSPS) is 10.9. The third kappa shape index (κ3) is 4.26. The molecule has 0 fully saturated rings. The van der Waals surface area contributed by atoms with Gasteiger partial charge in [-0.25, -0.2) is 4.98 Å². The molecule has 144 valence electrons. The second kappa shape index (κ2) is 8.47. The number of hydrogen-bond donors (Lipinski definition) is 1. The topological polar surface area (TPSA) is 42.0 Å². The molecule has 0 aliphatic carbocycles. The van der Waals surface area contributed by atoms with Gasteiger partial charge in [-0.3, -0.25) is 4.79 Å². The summed E-state index contributed by atoms with van der Waals surface area (Å²) in [5.41, 5.74) is 5.16. The lowest BCUT2D eigenvalue weighted by molar-refractivity contribution is 0.102. The average Bonchev–Trinajstić information content (AvgIpc) is 2.75. The predicted molar refractivity (Wildman–Crippen MR) is 126 cm³/mol. The van der Waals surface area contributed by atoms with Gasteiger partial charge in [0.2, 0.25) is 0 Å². The van der Waals surface area contributed by atoms with Crippen LogP contribution in [0.25, 0.3) is 22.2 Å². The summed E-state index contributed by atoms with van der Waals surface area (Å²) < 4.78 is 1.75. The van der Waals surface area contributed by atoms with E-state index in [9.17, 15) is 4.79 Å². The minimum absolute atomic E-state index is 0.168. The van der Waals surface area contributed by atoms with E-state index in [-0.39, 0.29) is 5.91 Å². The number of aromatic nitrogens is 1. The fourth-order valence-electron chi connectivity index (χ4n) is 3.20. The SMILES string of the molecule is CCc1ccc(-c2cc(C(=O)Nc3ccc(Br)cc3Br)c3ccccc3n2)cc1. The Kier molecular flexibility index (Phi) is 5.79. The molecule has 0 aliphatic rings. The number of anilines is 1. The number of hydrogen-bond acceptors (Lipinski definition) is 2. The van der Waals surface area contributed by atoms with Crippen LogP contribution in [0.15, 0.2) is 81.7 Å². The molecule has 1 N–H and O–H groups in total. The summed E-state index contributed by atoms with van der Waals surface area (Å²) in [6.45, 7) is 2.13. The van der Waals surface area contributed by atoms with Gasteiger partial charge in [-0.2, -0.15) is 0 Å². The summed E-state index contributed by atoms with van der Waals surface area (Å²) in [5.74, 6) is -0.168. The maximum atomic E-state index is 13.2. The lowest BCUT2D eigenvalue weighted by atomic mass is 10.0. The molecule has 0 aliphatic heterocycles. The maximum Gasteiger partial charge on any atom is 0.256 e. The Morgan fingerprint density at radius 3 is 2.45 bits per heavy atom. The van der Waals surface area contributed by atoms with E-state index in [4.69, 9.17) is 4.98 Å². The van der Waals surface area contributed by atoms with Gasteiger partial charge in [-0.05, 0) is 58.2 Å². The van der Waals surface area contributed by atoms with Crippen LogP contribution in [0, 0.1) is 0 Å². The Labute approximate surface area is 186 Å². The molecule has 4 aromatic rings. The van der Waals surface area contributed by atoms with E-state index in [0.29, 0.717) is 11.3 Å².